The fourth-order valence-corrected chi connectivity index (χ4v) is 2.14. The summed E-state index contributed by atoms with van der Waals surface area (Å²) >= 11 is 0. The highest BCUT2D eigenvalue weighted by Crippen LogP contribution is 2.23. The van der Waals surface area contributed by atoms with Gasteiger partial charge in [0.05, 0.1) is 0 Å². The van der Waals surface area contributed by atoms with Crippen molar-refractivity contribution in [3.8, 4) is 5.75 Å². The van der Waals surface area contributed by atoms with E-state index < -0.39 is 0 Å². The van der Waals surface area contributed by atoms with Crippen LogP contribution in [0.25, 0.3) is 0 Å². The topological polar surface area (TPSA) is 21.3 Å². The lowest BCUT2D eigenvalue weighted by Crippen LogP contribution is -2.29. The second kappa shape index (κ2) is 4.67. The molecule has 1 aromatic rings. The zero-order valence-corrected chi connectivity index (χ0v) is 9.44. The summed E-state index contributed by atoms with van der Waals surface area (Å²) in [7, 11) is 0. The molecule has 2 atom stereocenters. The van der Waals surface area contributed by atoms with Crippen LogP contribution in [-0.2, 0) is 0 Å². The molecule has 0 bridgehead atoms. The predicted molar refractivity (Wildman–Crippen MR) is 62.1 cm³/mol. The maximum absolute atomic E-state index is 5.99. The molecule has 2 nitrogen and oxygen atoms in total. The zero-order valence-electron chi connectivity index (χ0n) is 9.44. The van der Waals surface area contributed by atoms with Gasteiger partial charge in [0.15, 0.2) is 0 Å². The molecule has 1 saturated heterocycles. The summed E-state index contributed by atoms with van der Waals surface area (Å²) in [4.78, 5) is 0. The zero-order chi connectivity index (χ0) is 10.7. The lowest BCUT2D eigenvalue weighted by molar-refractivity contribution is 0.147. The summed E-state index contributed by atoms with van der Waals surface area (Å²) in [5.41, 5.74) is 0. The first-order valence-corrected chi connectivity index (χ1v) is 5.70. The maximum Gasteiger partial charge on any atom is 0.119 e. The molecule has 1 aliphatic rings. The summed E-state index contributed by atoms with van der Waals surface area (Å²) in [6.07, 6.45) is 0.326. The van der Waals surface area contributed by atoms with Crippen molar-refractivity contribution < 1.29 is 4.74 Å². The molecular formula is C13H19NO. The molecule has 0 aromatic heterocycles. The Bertz CT molecular complexity index is 297. The quantitative estimate of drug-likeness (QED) is 0.817. The second-order valence-electron chi connectivity index (χ2n) is 4.54. The first-order valence-electron chi connectivity index (χ1n) is 5.70. The van der Waals surface area contributed by atoms with Crippen LogP contribution in [-0.4, -0.2) is 19.2 Å². The molecule has 1 aliphatic heterocycles. The van der Waals surface area contributed by atoms with E-state index >= 15 is 0 Å². The van der Waals surface area contributed by atoms with Crippen molar-refractivity contribution in [2.24, 2.45) is 11.8 Å². The van der Waals surface area contributed by atoms with Crippen LogP contribution in [0.3, 0.4) is 0 Å². The molecule has 0 radical (unpaired) electrons. The van der Waals surface area contributed by atoms with Crippen molar-refractivity contribution in [1.29, 1.82) is 0 Å². The van der Waals surface area contributed by atoms with E-state index in [0.717, 1.165) is 18.8 Å². The Hall–Kier alpha value is -1.02. The average Bonchev–Trinajstić information content (AvgIpc) is 2.67. The normalized spacial score (nSPS) is 25.8. The third-order valence-corrected chi connectivity index (χ3v) is 3.09. The lowest BCUT2D eigenvalue weighted by Gasteiger charge is -2.23. The van der Waals surface area contributed by atoms with E-state index in [-0.39, 0.29) is 0 Å². The summed E-state index contributed by atoms with van der Waals surface area (Å²) in [6, 6.07) is 10.1. The molecule has 1 heterocycles. The monoisotopic (exact) mass is 205 g/mol. The molecule has 0 saturated carbocycles. The molecule has 82 valence electrons. The number of nitrogens with one attached hydrogen (secondary N) is 1. The number of benzene rings is 1. The van der Waals surface area contributed by atoms with E-state index in [0.29, 0.717) is 17.9 Å². The summed E-state index contributed by atoms with van der Waals surface area (Å²) in [6.45, 7) is 6.57. The van der Waals surface area contributed by atoms with Crippen LogP contribution < -0.4 is 10.1 Å². The number of hydrogen-bond acceptors (Lipinski definition) is 2. The van der Waals surface area contributed by atoms with Crippen LogP contribution in [0, 0.1) is 11.8 Å². The van der Waals surface area contributed by atoms with E-state index in [4.69, 9.17) is 4.74 Å². The standard InChI is InChI=1S/C13H19NO/c1-10(2)12-8-14-9-13(12)15-11-6-4-3-5-7-11/h3-7,10,12-14H,8-9H2,1-2H3. The molecule has 1 aromatic carbocycles. The van der Waals surface area contributed by atoms with Crippen LogP contribution in [0.1, 0.15) is 13.8 Å². The first-order chi connectivity index (χ1) is 7.27. The molecule has 15 heavy (non-hydrogen) atoms. The van der Waals surface area contributed by atoms with Crippen molar-refractivity contribution in [2.45, 2.75) is 20.0 Å². The molecule has 1 fully saturated rings. The first kappa shape index (κ1) is 10.5. The van der Waals surface area contributed by atoms with Gasteiger partial charge in [0.1, 0.15) is 11.9 Å². The summed E-state index contributed by atoms with van der Waals surface area (Å²) in [5, 5.41) is 3.40. The van der Waals surface area contributed by atoms with E-state index in [1.807, 2.05) is 30.3 Å². The number of ether oxygens (including phenoxy) is 1. The second-order valence-corrected chi connectivity index (χ2v) is 4.54. The van der Waals surface area contributed by atoms with Crippen molar-refractivity contribution in [3.63, 3.8) is 0 Å². The van der Waals surface area contributed by atoms with Gasteiger partial charge in [0, 0.05) is 19.0 Å². The van der Waals surface area contributed by atoms with Gasteiger partial charge in [0.25, 0.3) is 0 Å². The van der Waals surface area contributed by atoms with E-state index in [9.17, 15) is 0 Å². The summed E-state index contributed by atoms with van der Waals surface area (Å²) < 4.78 is 5.99. The fourth-order valence-electron chi connectivity index (χ4n) is 2.14. The Morgan fingerprint density at radius 1 is 1.20 bits per heavy atom. The Labute approximate surface area is 91.6 Å². The number of rotatable bonds is 3. The predicted octanol–water partition coefficient (Wildman–Crippen LogP) is 2.31. The number of para-hydroxylation sites is 1. The van der Waals surface area contributed by atoms with Gasteiger partial charge in [-0.2, -0.15) is 0 Å². The highest BCUT2D eigenvalue weighted by atomic mass is 16.5. The largest absolute Gasteiger partial charge is 0.489 e. The van der Waals surface area contributed by atoms with Crippen LogP contribution in [0.2, 0.25) is 0 Å². The fraction of sp³-hybridized carbons (Fsp3) is 0.538. The minimum Gasteiger partial charge on any atom is -0.489 e. The van der Waals surface area contributed by atoms with E-state index in [1.165, 1.54) is 0 Å². The smallest absolute Gasteiger partial charge is 0.119 e. The highest BCUT2D eigenvalue weighted by molar-refractivity contribution is 5.21. The number of hydrogen-bond donors (Lipinski definition) is 1. The van der Waals surface area contributed by atoms with Crippen molar-refractivity contribution in [3.05, 3.63) is 30.3 Å². The van der Waals surface area contributed by atoms with Crippen molar-refractivity contribution in [2.75, 3.05) is 13.1 Å². The third kappa shape index (κ3) is 2.51. The van der Waals surface area contributed by atoms with Gasteiger partial charge in [0.2, 0.25) is 0 Å². The summed E-state index contributed by atoms with van der Waals surface area (Å²) in [5.74, 6) is 2.29. The molecule has 2 unspecified atom stereocenters. The van der Waals surface area contributed by atoms with Gasteiger partial charge in [-0.25, -0.2) is 0 Å². The van der Waals surface area contributed by atoms with Crippen LogP contribution in [0.15, 0.2) is 30.3 Å². The third-order valence-electron chi connectivity index (χ3n) is 3.09. The Kier molecular flexibility index (Phi) is 3.27. The van der Waals surface area contributed by atoms with E-state index in [2.05, 4.69) is 19.2 Å². The molecule has 0 spiro atoms. The maximum atomic E-state index is 5.99. The molecule has 2 rings (SSSR count). The van der Waals surface area contributed by atoms with Gasteiger partial charge in [-0.3, -0.25) is 0 Å². The van der Waals surface area contributed by atoms with E-state index in [1.54, 1.807) is 0 Å². The van der Waals surface area contributed by atoms with Gasteiger partial charge >= 0.3 is 0 Å². The van der Waals surface area contributed by atoms with Crippen molar-refractivity contribution >= 4 is 0 Å². The van der Waals surface area contributed by atoms with Gasteiger partial charge in [-0.1, -0.05) is 32.0 Å². The van der Waals surface area contributed by atoms with Gasteiger partial charge < -0.3 is 10.1 Å². The molecular weight excluding hydrogens is 186 g/mol. The SMILES string of the molecule is CC(C)C1CNCC1Oc1ccccc1. The molecule has 1 N–H and O–H groups in total. The molecule has 0 amide bonds. The van der Waals surface area contributed by atoms with Gasteiger partial charge in [-0.15, -0.1) is 0 Å². The Balaban J connectivity index is 2.00. The average molecular weight is 205 g/mol. The van der Waals surface area contributed by atoms with Gasteiger partial charge in [-0.05, 0) is 18.1 Å². The highest BCUT2D eigenvalue weighted by Gasteiger charge is 2.30. The Morgan fingerprint density at radius 3 is 2.60 bits per heavy atom. The molecule has 0 aliphatic carbocycles. The lowest BCUT2D eigenvalue weighted by atomic mass is 9.93. The van der Waals surface area contributed by atoms with Crippen LogP contribution >= 0.6 is 0 Å². The van der Waals surface area contributed by atoms with Crippen LogP contribution in [0.4, 0.5) is 0 Å². The van der Waals surface area contributed by atoms with Crippen LogP contribution in [0.5, 0.6) is 5.75 Å². The Morgan fingerprint density at radius 2 is 1.93 bits per heavy atom. The van der Waals surface area contributed by atoms with Crippen molar-refractivity contribution in [1.82, 2.24) is 5.32 Å². The molecule has 2 heteroatoms. The minimum atomic E-state index is 0.326. The minimum absolute atomic E-state index is 0.326.